The van der Waals surface area contributed by atoms with Gasteiger partial charge in [-0.2, -0.15) is 9.57 Å². The summed E-state index contributed by atoms with van der Waals surface area (Å²) in [6.07, 6.45) is 2.65. The second-order valence-electron chi connectivity index (χ2n) is 4.71. The Labute approximate surface area is 112 Å². The summed E-state index contributed by atoms with van der Waals surface area (Å²) in [5.74, 6) is -0.798. The highest BCUT2D eigenvalue weighted by Gasteiger charge is 2.31. The second-order valence-corrected chi connectivity index (χ2v) is 6.60. The molecule has 0 saturated carbocycles. The third-order valence-corrected chi connectivity index (χ3v) is 5.42. The van der Waals surface area contributed by atoms with Gasteiger partial charge in [0.2, 0.25) is 10.0 Å². The highest BCUT2D eigenvalue weighted by Crippen LogP contribution is 2.25. The number of piperidine rings is 1. The van der Waals surface area contributed by atoms with Crippen molar-refractivity contribution in [1.82, 2.24) is 4.31 Å². The van der Waals surface area contributed by atoms with Gasteiger partial charge in [0.15, 0.2) is 0 Å². The van der Waals surface area contributed by atoms with E-state index in [1.54, 1.807) is 6.07 Å². The normalized spacial score (nSPS) is 21.0. The largest absolute Gasteiger partial charge is 0.243 e. The second kappa shape index (κ2) is 5.27. The standard InChI is InChI=1S/C13H15FN2O2S/c1-10-4-2-3-7-16(10)19(17,18)12-6-5-11(9-15)13(14)8-12/h5-6,8,10H,2-4,7H2,1H3. The first-order valence-electron chi connectivity index (χ1n) is 6.18. The first-order chi connectivity index (χ1) is 8.96. The van der Waals surface area contributed by atoms with E-state index in [0.29, 0.717) is 6.54 Å². The summed E-state index contributed by atoms with van der Waals surface area (Å²) in [6, 6.07) is 5.03. The summed E-state index contributed by atoms with van der Waals surface area (Å²) in [7, 11) is -3.67. The molecule has 1 saturated heterocycles. The molecule has 0 radical (unpaired) electrons. The fraction of sp³-hybridized carbons (Fsp3) is 0.462. The summed E-state index contributed by atoms with van der Waals surface area (Å²) >= 11 is 0. The van der Waals surface area contributed by atoms with Crippen molar-refractivity contribution in [1.29, 1.82) is 5.26 Å². The number of halogens is 1. The van der Waals surface area contributed by atoms with Crippen molar-refractivity contribution in [3.8, 4) is 6.07 Å². The molecule has 1 fully saturated rings. The molecule has 2 rings (SSSR count). The highest BCUT2D eigenvalue weighted by atomic mass is 32.2. The number of benzene rings is 1. The monoisotopic (exact) mass is 282 g/mol. The van der Waals surface area contributed by atoms with Gasteiger partial charge in [-0.25, -0.2) is 12.8 Å². The molecule has 1 aliphatic rings. The predicted octanol–water partition coefficient (Wildman–Crippen LogP) is 2.26. The van der Waals surface area contributed by atoms with Gasteiger partial charge in [0, 0.05) is 12.6 Å². The summed E-state index contributed by atoms with van der Waals surface area (Å²) in [4.78, 5) is -0.0854. The molecule has 0 amide bonds. The fourth-order valence-electron chi connectivity index (χ4n) is 2.31. The Morgan fingerprint density at radius 1 is 1.42 bits per heavy atom. The van der Waals surface area contributed by atoms with Gasteiger partial charge in [-0.1, -0.05) is 6.42 Å². The molecule has 0 N–H and O–H groups in total. The molecular formula is C13H15FN2O2S. The molecule has 1 unspecified atom stereocenters. The molecular weight excluding hydrogens is 267 g/mol. The van der Waals surface area contributed by atoms with E-state index in [2.05, 4.69) is 0 Å². The number of sulfonamides is 1. The molecule has 1 aromatic rings. The van der Waals surface area contributed by atoms with Crippen molar-refractivity contribution in [2.75, 3.05) is 6.54 Å². The average Bonchev–Trinajstić information content (AvgIpc) is 2.39. The molecule has 0 aliphatic carbocycles. The number of rotatable bonds is 2. The minimum atomic E-state index is -3.67. The van der Waals surface area contributed by atoms with Crippen LogP contribution in [-0.4, -0.2) is 25.3 Å². The Balaban J connectivity index is 2.39. The zero-order valence-corrected chi connectivity index (χ0v) is 11.5. The smallest absolute Gasteiger partial charge is 0.207 e. The lowest BCUT2D eigenvalue weighted by Crippen LogP contribution is -2.41. The van der Waals surface area contributed by atoms with Crippen LogP contribution in [0.15, 0.2) is 23.1 Å². The van der Waals surface area contributed by atoms with E-state index in [1.807, 2.05) is 6.92 Å². The quantitative estimate of drug-likeness (QED) is 0.836. The molecule has 4 nitrogen and oxygen atoms in total. The van der Waals surface area contributed by atoms with E-state index in [0.717, 1.165) is 25.3 Å². The molecule has 0 spiro atoms. The molecule has 1 atom stereocenters. The maximum atomic E-state index is 13.5. The van der Waals surface area contributed by atoms with Gasteiger partial charge in [0.1, 0.15) is 11.9 Å². The van der Waals surface area contributed by atoms with Crippen LogP contribution in [0.5, 0.6) is 0 Å². The van der Waals surface area contributed by atoms with Crippen LogP contribution >= 0.6 is 0 Å². The molecule has 1 aromatic carbocycles. The van der Waals surface area contributed by atoms with Crippen LogP contribution in [0, 0.1) is 17.1 Å². The molecule has 102 valence electrons. The Morgan fingerprint density at radius 2 is 2.16 bits per heavy atom. The fourth-order valence-corrected chi connectivity index (χ4v) is 4.02. The number of nitriles is 1. The van der Waals surface area contributed by atoms with Gasteiger partial charge in [0.25, 0.3) is 0 Å². The van der Waals surface area contributed by atoms with Crippen molar-refractivity contribution in [2.45, 2.75) is 37.1 Å². The first kappa shape index (κ1) is 14.0. The van der Waals surface area contributed by atoms with Gasteiger partial charge in [-0.05, 0) is 38.0 Å². The average molecular weight is 282 g/mol. The van der Waals surface area contributed by atoms with Gasteiger partial charge >= 0.3 is 0 Å². The van der Waals surface area contributed by atoms with Crippen molar-refractivity contribution >= 4 is 10.0 Å². The molecule has 1 aliphatic heterocycles. The SMILES string of the molecule is CC1CCCCN1S(=O)(=O)c1ccc(C#N)c(F)c1. The van der Waals surface area contributed by atoms with Crippen LogP contribution in [0.4, 0.5) is 4.39 Å². The molecule has 6 heteroatoms. The maximum absolute atomic E-state index is 13.5. The topological polar surface area (TPSA) is 61.2 Å². The molecule has 0 bridgehead atoms. The van der Waals surface area contributed by atoms with E-state index in [9.17, 15) is 12.8 Å². The maximum Gasteiger partial charge on any atom is 0.243 e. The summed E-state index contributed by atoms with van der Waals surface area (Å²) in [5, 5.41) is 8.65. The Hall–Kier alpha value is -1.45. The van der Waals surface area contributed by atoms with Crippen LogP contribution in [0.2, 0.25) is 0 Å². The van der Waals surface area contributed by atoms with Crippen LogP contribution in [0.3, 0.4) is 0 Å². The first-order valence-corrected chi connectivity index (χ1v) is 7.62. The van der Waals surface area contributed by atoms with Gasteiger partial charge < -0.3 is 0 Å². The van der Waals surface area contributed by atoms with E-state index in [4.69, 9.17) is 5.26 Å². The molecule has 0 aromatic heterocycles. The molecule has 19 heavy (non-hydrogen) atoms. The Bertz CT molecular complexity index is 622. The zero-order valence-electron chi connectivity index (χ0n) is 10.6. The van der Waals surface area contributed by atoms with Gasteiger partial charge in [-0.3, -0.25) is 0 Å². The van der Waals surface area contributed by atoms with Crippen LogP contribution in [-0.2, 0) is 10.0 Å². The van der Waals surface area contributed by atoms with E-state index < -0.39 is 15.8 Å². The third kappa shape index (κ3) is 2.62. The van der Waals surface area contributed by atoms with Crippen molar-refractivity contribution in [3.63, 3.8) is 0 Å². The summed E-state index contributed by atoms with van der Waals surface area (Å²) in [5.41, 5.74) is -0.148. The highest BCUT2D eigenvalue weighted by molar-refractivity contribution is 7.89. The van der Waals surface area contributed by atoms with Crippen molar-refractivity contribution < 1.29 is 12.8 Å². The van der Waals surface area contributed by atoms with Crippen LogP contribution < -0.4 is 0 Å². The Morgan fingerprint density at radius 3 is 2.74 bits per heavy atom. The van der Waals surface area contributed by atoms with Crippen LogP contribution in [0.25, 0.3) is 0 Å². The van der Waals surface area contributed by atoms with Crippen LogP contribution in [0.1, 0.15) is 31.7 Å². The Kier molecular flexibility index (Phi) is 3.88. The number of hydrogen-bond donors (Lipinski definition) is 0. The summed E-state index contributed by atoms with van der Waals surface area (Å²) in [6.45, 7) is 2.32. The van der Waals surface area contributed by atoms with Gasteiger partial charge in [0.05, 0.1) is 10.5 Å². The minimum Gasteiger partial charge on any atom is -0.207 e. The molecule has 1 heterocycles. The van der Waals surface area contributed by atoms with E-state index >= 15 is 0 Å². The predicted molar refractivity (Wildman–Crippen MR) is 68.3 cm³/mol. The van der Waals surface area contributed by atoms with Crippen molar-refractivity contribution in [3.05, 3.63) is 29.6 Å². The lowest BCUT2D eigenvalue weighted by molar-refractivity contribution is 0.268. The lowest BCUT2D eigenvalue weighted by Gasteiger charge is -2.32. The summed E-state index contributed by atoms with van der Waals surface area (Å²) < 4.78 is 39.8. The zero-order chi connectivity index (χ0) is 14.0. The number of hydrogen-bond acceptors (Lipinski definition) is 3. The van der Waals surface area contributed by atoms with Gasteiger partial charge in [-0.15, -0.1) is 0 Å². The van der Waals surface area contributed by atoms with E-state index in [-0.39, 0.29) is 16.5 Å². The van der Waals surface area contributed by atoms with Crippen molar-refractivity contribution in [2.24, 2.45) is 0 Å². The minimum absolute atomic E-state index is 0.0718. The third-order valence-electron chi connectivity index (χ3n) is 3.41. The lowest BCUT2D eigenvalue weighted by atomic mass is 10.1. The van der Waals surface area contributed by atoms with E-state index in [1.165, 1.54) is 16.4 Å². The number of nitrogens with zero attached hydrogens (tertiary/aromatic N) is 2.